The number of carbonyl (C=O) groups excluding carboxylic acids is 3. The van der Waals surface area contributed by atoms with E-state index in [0.29, 0.717) is 0 Å². The standard InChI is InChI=1S/C17H20FN3O3/c18-13-6-5-12(17(24)20-8-7-15(19)22)10-14(13)21-16(23)9-11-3-1-2-4-11/h1,3,5-6,10-11H,2,4,7-9H2,(H2,19,22)(H,20,24)(H,21,23)/t11-/m0/s1. The highest BCUT2D eigenvalue weighted by Crippen LogP contribution is 2.22. The van der Waals surface area contributed by atoms with Gasteiger partial charge < -0.3 is 16.4 Å². The molecule has 1 aromatic carbocycles. The largest absolute Gasteiger partial charge is 0.370 e. The van der Waals surface area contributed by atoms with Crippen LogP contribution >= 0.6 is 0 Å². The summed E-state index contributed by atoms with van der Waals surface area (Å²) in [5, 5.41) is 5.01. The zero-order valence-corrected chi connectivity index (χ0v) is 13.2. The molecule has 24 heavy (non-hydrogen) atoms. The Morgan fingerprint density at radius 1 is 1.29 bits per heavy atom. The van der Waals surface area contributed by atoms with Crippen molar-refractivity contribution < 1.29 is 18.8 Å². The fourth-order valence-electron chi connectivity index (χ4n) is 2.47. The van der Waals surface area contributed by atoms with Crippen molar-refractivity contribution in [3.05, 3.63) is 41.7 Å². The maximum absolute atomic E-state index is 13.8. The fraction of sp³-hybridized carbons (Fsp3) is 0.353. The molecule has 0 bridgehead atoms. The Hall–Kier alpha value is -2.70. The molecule has 0 saturated heterocycles. The zero-order chi connectivity index (χ0) is 17.5. The van der Waals surface area contributed by atoms with Gasteiger partial charge in [-0.2, -0.15) is 0 Å². The van der Waals surface area contributed by atoms with Crippen molar-refractivity contribution in [2.75, 3.05) is 11.9 Å². The van der Waals surface area contributed by atoms with Crippen LogP contribution in [0.25, 0.3) is 0 Å². The third-order valence-electron chi connectivity index (χ3n) is 3.72. The first-order chi connectivity index (χ1) is 11.5. The Morgan fingerprint density at radius 3 is 2.75 bits per heavy atom. The Labute approximate surface area is 139 Å². The second kappa shape index (κ2) is 8.24. The van der Waals surface area contributed by atoms with Crippen LogP contribution in [0.5, 0.6) is 0 Å². The van der Waals surface area contributed by atoms with Crippen LogP contribution in [0.15, 0.2) is 30.4 Å². The van der Waals surface area contributed by atoms with Crippen LogP contribution in [0.3, 0.4) is 0 Å². The molecular weight excluding hydrogens is 313 g/mol. The third-order valence-corrected chi connectivity index (χ3v) is 3.72. The molecular formula is C17H20FN3O3. The molecule has 1 aromatic rings. The topological polar surface area (TPSA) is 101 Å². The van der Waals surface area contributed by atoms with E-state index >= 15 is 0 Å². The van der Waals surface area contributed by atoms with Gasteiger partial charge in [0.25, 0.3) is 5.91 Å². The molecule has 0 unspecified atom stereocenters. The van der Waals surface area contributed by atoms with E-state index in [9.17, 15) is 18.8 Å². The summed E-state index contributed by atoms with van der Waals surface area (Å²) >= 11 is 0. The number of rotatable bonds is 7. The maximum Gasteiger partial charge on any atom is 0.251 e. The minimum absolute atomic E-state index is 0.0193. The van der Waals surface area contributed by atoms with Crippen molar-refractivity contribution >= 4 is 23.4 Å². The van der Waals surface area contributed by atoms with Gasteiger partial charge in [-0.1, -0.05) is 12.2 Å². The number of hydrogen-bond donors (Lipinski definition) is 3. The Morgan fingerprint density at radius 2 is 2.08 bits per heavy atom. The molecule has 0 saturated carbocycles. The van der Waals surface area contributed by atoms with Crippen LogP contribution in [-0.2, 0) is 9.59 Å². The van der Waals surface area contributed by atoms with E-state index in [1.807, 2.05) is 12.2 Å². The number of carbonyl (C=O) groups is 3. The number of nitrogens with two attached hydrogens (primary N) is 1. The van der Waals surface area contributed by atoms with E-state index in [1.54, 1.807) is 0 Å². The van der Waals surface area contributed by atoms with Crippen LogP contribution in [-0.4, -0.2) is 24.3 Å². The summed E-state index contributed by atoms with van der Waals surface area (Å²) in [5.74, 6) is -1.72. The Balaban J connectivity index is 1.96. The molecule has 0 fully saturated rings. The molecule has 0 heterocycles. The van der Waals surface area contributed by atoms with Crippen molar-refractivity contribution in [2.45, 2.75) is 25.7 Å². The summed E-state index contributed by atoms with van der Waals surface area (Å²) in [6.45, 7) is 0.0985. The van der Waals surface area contributed by atoms with Gasteiger partial charge in [0.1, 0.15) is 5.82 Å². The molecule has 1 aliphatic rings. The molecule has 1 aliphatic carbocycles. The number of anilines is 1. The average Bonchev–Trinajstić information content (AvgIpc) is 3.01. The summed E-state index contributed by atoms with van der Waals surface area (Å²) < 4.78 is 13.8. The molecule has 0 radical (unpaired) electrons. The van der Waals surface area contributed by atoms with E-state index in [-0.39, 0.29) is 42.5 Å². The summed E-state index contributed by atoms with van der Waals surface area (Å²) in [5.41, 5.74) is 5.15. The molecule has 0 aromatic heterocycles. The highest BCUT2D eigenvalue weighted by molar-refractivity contribution is 5.97. The zero-order valence-electron chi connectivity index (χ0n) is 13.2. The second-order valence-electron chi connectivity index (χ2n) is 5.68. The predicted octanol–water partition coefficient (Wildman–Crippen LogP) is 1.73. The number of halogens is 1. The first-order valence-electron chi connectivity index (χ1n) is 7.78. The van der Waals surface area contributed by atoms with Crippen LogP contribution in [0.2, 0.25) is 0 Å². The predicted molar refractivity (Wildman–Crippen MR) is 87.7 cm³/mol. The lowest BCUT2D eigenvalue weighted by atomic mass is 10.0. The van der Waals surface area contributed by atoms with Crippen molar-refractivity contribution in [3.63, 3.8) is 0 Å². The molecule has 2 rings (SSSR count). The van der Waals surface area contributed by atoms with Crippen LogP contribution < -0.4 is 16.4 Å². The van der Waals surface area contributed by atoms with Gasteiger partial charge in [0, 0.05) is 24.9 Å². The van der Waals surface area contributed by atoms with Crippen molar-refractivity contribution in [2.24, 2.45) is 11.7 Å². The Bertz CT molecular complexity index is 673. The number of amides is 3. The molecule has 0 spiro atoms. The molecule has 128 valence electrons. The lowest BCUT2D eigenvalue weighted by molar-refractivity contribution is -0.118. The molecule has 0 aliphatic heterocycles. The highest BCUT2D eigenvalue weighted by atomic mass is 19.1. The lowest BCUT2D eigenvalue weighted by Crippen LogP contribution is -2.28. The van der Waals surface area contributed by atoms with Crippen molar-refractivity contribution in [3.8, 4) is 0 Å². The maximum atomic E-state index is 13.8. The van der Waals surface area contributed by atoms with E-state index in [2.05, 4.69) is 10.6 Å². The first-order valence-corrected chi connectivity index (χ1v) is 7.78. The number of primary amides is 1. The quantitative estimate of drug-likeness (QED) is 0.662. The molecule has 3 amide bonds. The van der Waals surface area contributed by atoms with Crippen LogP contribution in [0, 0.1) is 11.7 Å². The third kappa shape index (κ3) is 5.19. The van der Waals surface area contributed by atoms with Gasteiger partial charge in [0.2, 0.25) is 11.8 Å². The molecule has 1 atom stereocenters. The van der Waals surface area contributed by atoms with Gasteiger partial charge in [-0.15, -0.1) is 0 Å². The van der Waals surface area contributed by atoms with Gasteiger partial charge >= 0.3 is 0 Å². The highest BCUT2D eigenvalue weighted by Gasteiger charge is 2.16. The fourth-order valence-corrected chi connectivity index (χ4v) is 2.47. The van der Waals surface area contributed by atoms with Gasteiger partial charge in [0.05, 0.1) is 5.69 Å². The average molecular weight is 333 g/mol. The van der Waals surface area contributed by atoms with Crippen LogP contribution in [0.4, 0.5) is 10.1 Å². The van der Waals surface area contributed by atoms with Crippen molar-refractivity contribution in [1.29, 1.82) is 0 Å². The van der Waals surface area contributed by atoms with Gasteiger partial charge in [0.15, 0.2) is 0 Å². The smallest absolute Gasteiger partial charge is 0.251 e. The minimum atomic E-state index is -0.612. The normalized spacial score (nSPS) is 16.0. The van der Waals surface area contributed by atoms with Crippen LogP contribution in [0.1, 0.15) is 36.0 Å². The van der Waals surface area contributed by atoms with E-state index < -0.39 is 17.6 Å². The minimum Gasteiger partial charge on any atom is -0.370 e. The van der Waals surface area contributed by atoms with E-state index in [4.69, 9.17) is 5.73 Å². The summed E-state index contributed by atoms with van der Waals surface area (Å²) in [7, 11) is 0. The van der Waals surface area contributed by atoms with Gasteiger partial charge in [-0.3, -0.25) is 14.4 Å². The van der Waals surface area contributed by atoms with E-state index in [1.165, 1.54) is 12.1 Å². The first kappa shape index (κ1) is 17.7. The number of hydrogen-bond acceptors (Lipinski definition) is 3. The number of allylic oxidation sites excluding steroid dienone is 2. The number of benzene rings is 1. The van der Waals surface area contributed by atoms with Crippen molar-refractivity contribution in [1.82, 2.24) is 5.32 Å². The van der Waals surface area contributed by atoms with Gasteiger partial charge in [-0.25, -0.2) is 4.39 Å². The monoisotopic (exact) mass is 333 g/mol. The lowest BCUT2D eigenvalue weighted by Gasteiger charge is -2.11. The van der Waals surface area contributed by atoms with E-state index in [0.717, 1.165) is 18.9 Å². The molecule has 7 heteroatoms. The Kier molecular flexibility index (Phi) is 6.06. The summed E-state index contributed by atoms with van der Waals surface area (Å²) in [6.07, 6.45) is 6.18. The van der Waals surface area contributed by atoms with Gasteiger partial charge in [-0.05, 0) is 37.0 Å². The SMILES string of the molecule is NC(=O)CCNC(=O)c1ccc(F)c(NC(=O)C[C@H]2C=CCC2)c1. The summed E-state index contributed by atoms with van der Waals surface area (Å²) in [4.78, 5) is 34.6. The molecule has 6 nitrogen and oxygen atoms in total. The molecule has 4 N–H and O–H groups in total. The summed E-state index contributed by atoms with van der Waals surface area (Å²) in [6, 6.07) is 3.70. The number of nitrogens with one attached hydrogen (secondary N) is 2. The second-order valence-corrected chi connectivity index (χ2v) is 5.68.